The second kappa shape index (κ2) is 5.38. The Labute approximate surface area is 124 Å². The fourth-order valence-corrected chi connectivity index (χ4v) is 3.21. The maximum atomic E-state index is 11.7. The van der Waals surface area contributed by atoms with Crippen LogP contribution in [-0.2, 0) is 23.4 Å². The highest BCUT2D eigenvalue weighted by Gasteiger charge is 2.25. The molecular weight excluding hydrogens is 288 g/mol. The van der Waals surface area contributed by atoms with Crippen LogP contribution in [0.4, 0.5) is 5.69 Å². The number of nitrogens with one attached hydrogen (secondary N) is 1. The number of hydrogen-bond acceptors (Lipinski definition) is 3. The molecule has 0 aromatic heterocycles. The van der Waals surface area contributed by atoms with Gasteiger partial charge >= 0.3 is 10.2 Å². The molecule has 0 bridgehead atoms. The Hall–Kier alpha value is -2.05. The predicted molar refractivity (Wildman–Crippen MR) is 81.4 cm³/mol. The van der Waals surface area contributed by atoms with Gasteiger partial charge in [-0.1, -0.05) is 30.3 Å². The Bertz CT molecular complexity index is 745. The lowest BCUT2D eigenvalue weighted by molar-refractivity contribution is 0.306. The summed E-state index contributed by atoms with van der Waals surface area (Å²) in [4.78, 5) is 0. The lowest BCUT2D eigenvalue weighted by Crippen LogP contribution is -2.42. The van der Waals surface area contributed by atoms with Crippen molar-refractivity contribution in [3.8, 4) is 5.75 Å². The Morgan fingerprint density at radius 2 is 1.95 bits per heavy atom. The Balaban J connectivity index is 1.78. The molecule has 1 heterocycles. The summed E-state index contributed by atoms with van der Waals surface area (Å²) in [5.74, 6) is 0.729. The zero-order valence-electron chi connectivity index (χ0n) is 11.6. The lowest BCUT2D eigenvalue weighted by Gasteiger charge is -2.27. The zero-order valence-corrected chi connectivity index (χ0v) is 12.4. The minimum atomic E-state index is -3.40. The fraction of sp³-hybridized carbons (Fsp3) is 0.200. The summed E-state index contributed by atoms with van der Waals surface area (Å²) >= 11 is 0. The second-order valence-electron chi connectivity index (χ2n) is 4.86. The van der Waals surface area contributed by atoms with Crippen molar-refractivity contribution in [2.45, 2.75) is 13.2 Å². The average Bonchev–Trinajstić information content (AvgIpc) is 2.50. The van der Waals surface area contributed by atoms with Crippen LogP contribution in [-0.4, -0.2) is 15.5 Å². The topological polar surface area (TPSA) is 58.6 Å². The normalized spacial score (nSPS) is 16.3. The number of nitrogens with zero attached hydrogens (tertiary/aromatic N) is 1. The largest absolute Gasteiger partial charge is 0.489 e. The molecule has 21 heavy (non-hydrogen) atoms. The van der Waals surface area contributed by atoms with Crippen molar-refractivity contribution >= 4 is 15.9 Å². The van der Waals surface area contributed by atoms with Crippen molar-refractivity contribution in [1.29, 1.82) is 0 Å². The molecule has 0 unspecified atom stereocenters. The molecule has 0 aliphatic carbocycles. The molecule has 3 rings (SSSR count). The molecule has 2 aromatic rings. The quantitative estimate of drug-likeness (QED) is 0.944. The van der Waals surface area contributed by atoms with Crippen LogP contribution in [0.15, 0.2) is 48.5 Å². The summed E-state index contributed by atoms with van der Waals surface area (Å²) in [6.45, 7) is 0.770. The Morgan fingerprint density at radius 1 is 1.19 bits per heavy atom. The second-order valence-corrected chi connectivity index (χ2v) is 6.64. The van der Waals surface area contributed by atoms with Crippen LogP contribution >= 0.6 is 0 Å². The Morgan fingerprint density at radius 3 is 2.71 bits per heavy atom. The van der Waals surface area contributed by atoms with E-state index in [0.717, 1.165) is 16.9 Å². The Kier molecular flexibility index (Phi) is 3.57. The van der Waals surface area contributed by atoms with Crippen LogP contribution in [0.1, 0.15) is 11.1 Å². The third-order valence-corrected chi connectivity index (χ3v) is 4.87. The summed E-state index contributed by atoms with van der Waals surface area (Å²) in [6.07, 6.45) is 0. The number of benzene rings is 2. The van der Waals surface area contributed by atoms with Gasteiger partial charge in [0.1, 0.15) is 12.4 Å². The van der Waals surface area contributed by atoms with E-state index in [0.29, 0.717) is 12.3 Å². The molecule has 0 saturated heterocycles. The first-order chi connectivity index (χ1) is 10.1. The number of anilines is 1. The summed E-state index contributed by atoms with van der Waals surface area (Å²) < 4.78 is 32.9. The number of ether oxygens (including phenoxy) is 1. The molecule has 1 aliphatic rings. The maximum Gasteiger partial charge on any atom is 0.301 e. The van der Waals surface area contributed by atoms with Crippen molar-refractivity contribution in [1.82, 2.24) is 4.72 Å². The number of rotatable bonds is 3. The first-order valence-electron chi connectivity index (χ1n) is 6.59. The highest BCUT2D eigenvalue weighted by molar-refractivity contribution is 7.90. The van der Waals surface area contributed by atoms with Gasteiger partial charge < -0.3 is 4.74 Å². The molecule has 6 heteroatoms. The van der Waals surface area contributed by atoms with Crippen LogP contribution in [0.3, 0.4) is 0 Å². The van der Waals surface area contributed by atoms with E-state index in [-0.39, 0.29) is 6.54 Å². The molecule has 0 spiro atoms. The third kappa shape index (κ3) is 2.86. The number of hydrogen-bond donors (Lipinski definition) is 1. The molecule has 110 valence electrons. The van der Waals surface area contributed by atoms with Crippen molar-refractivity contribution in [3.05, 3.63) is 59.7 Å². The first kappa shape index (κ1) is 13.9. The van der Waals surface area contributed by atoms with E-state index < -0.39 is 10.2 Å². The lowest BCUT2D eigenvalue weighted by atomic mass is 10.1. The molecule has 0 amide bonds. The van der Waals surface area contributed by atoms with Gasteiger partial charge in [-0.3, -0.25) is 4.31 Å². The van der Waals surface area contributed by atoms with E-state index in [1.165, 1.54) is 11.4 Å². The SMILES string of the molecule is CN1c2ccc(OCc3ccccc3)cc2CNS1(=O)=O. The van der Waals surface area contributed by atoms with Crippen molar-refractivity contribution in [3.63, 3.8) is 0 Å². The van der Waals surface area contributed by atoms with Gasteiger partial charge in [-0.2, -0.15) is 13.1 Å². The molecule has 0 fully saturated rings. The number of fused-ring (bicyclic) bond motifs is 1. The monoisotopic (exact) mass is 304 g/mol. The van der Waals surface area contributed by atoms with Gasteiger partial charge in [-0.25, -0.2) is 0 Å². The van der Waals surface area contributed by atoms with Gasteiger partial charge in [0.2, 0.25) is 0 Å². The van der Waals surface area contributed by atoms with Crippen LogP contribution in [0, 0.1) is 0 Å². The van der Waals surface area contributed by atoms with Gasteiger partial charge in [-0.15, -0.1) is 0 Å². The molecule has 1 aliphatic heterocycles. The standard InChI is InChI=1S/C15H16N2O3S/c1-17-15-8-7-14(9-13(15)10-16-21(17,18)19)20-11-12-5-3-2-4-6-12/h2-9,16H,10-11H2,1H3. The maximum absolute atomic E-state index is 11.7. The zero-order chi connectivity index (χ0) is 14.9. The molecule has 1 N–H and O–H groups in total. The minimum absolute atomic E-state index is 0.282. The predicted octanol–water partition coefficient (Wildman–Crippen LogP) is 2.05. The van der Waals surface area contributed by atoms with Gasteiger partial charge in [0.15, 0.2) is 0 Å². The molecule has 0 saturated carbocycles. The van der Waals surface area contributed by atoms with Crippen LogP contribution < -0.4 is 13.8 Å². The molecular formula is C15H16N2O3S. The van der Waals surface area contributed by atoms with Crippen molar-refractivity contribution < 1.29 is 13.2 Å². The van der Waals surface area contributed by atoms with Gasteiger partial charge in [0, 0.05) is 13.6 Å². The first-order valence-corrected chi connectivity index (χ1v) is 8.03. The van der Waals surface area contributed by atoms with Gasteiger partial charge in [-0.05, 0) is 29.3 Å². The average molecular weight is 304 g/mol. The van der Waals surface area contributed by atoms with E-state index in [4.69, 9.17) is 4.74 Å². The van der Waals surface area contributed by atoms with Crippen molar-refractivity contribution in [2.24, 2.45) is 0 Å². The highest BCUT2D eigenvalue weighted by Crippen LogP contribution is 2.29. The minimum Gasteiger partial charge on any atom is -0.489 e. The van der Waals surface area contributed by atoms with Gasteiger partial charge in [0.05, 0.1) is 5.69 Å². The van der Waals surface area contributed by atoms with Crippen molar-refractivity contribution in [2.75, 3.05) is 11.4 Å². The smallest absolute Gasteiger partial charge is 0.301 e. The summed E-state index contributed by atoms with van der Waals surface area (Å²) in [5, 5.41) is 0. The van der Waals surface area contributed by atoms with Crippen LogP contribution in [0.2, 0.25) is 0 Å². The molecule has 2 aromatic carbocycles. The van der Waals surface area contributed by atoms with Gasteiger partial charge in [0.25, 0.3) is 0 Å². The molecule has 0 radical (unpaired) electrons. The van der Waals surface area contributed by atoms with E-state index in [1.807, 2.05) is 36.4 Å². The third-order valence-electron chi connectivity index (χ3n) is 3.44. The van der Waals surface area contributed by atoms with E-state index >= 15 is 0 Å². The van der Waals surface area contributed by atoms with E-state index in [2.05, 4.69) is 4.72 Å². The van der Waals surface area contributed by atoms with Crippen LogP contribution in [0.5, 0.6) is 5.75 Å². The van der Waals surface area contributed by atoms with E-state index in [1.54, 1.807) is 12.1 Å². The molecule has 5 nitrogen and oxygen atoms in total. The summed E-state index contributed by atoms with van der Waals surface area (Å²) in [6, 6.07) is 15.3. The highest BCUT2D eigenvalue weighted by atomic mass is 32.2. The van der Waals surface area contributed by atoms with E-state index in [9.17, 15) is 8.42 Å². The molecule has 0 atom stereocenters. The van der Waals surface area contributed by atoms with Crippen LogP contribution in [0.25, 0.3) is 0 Å². The fourth-order valence-electron chi connectivity index (χ4n) is 2.24. The summed E-state index contributed by atoms with van der Waals surface area (Å²) in [7, 11) is -1.87. The summed E-state index contributed by atoms with van der Waals surface area (Å²) in [5.41, 5.74) is 2.67.